The molecule has 0 aliphatic carbocycles. The maximum atomic E-state index is 13.6. The van der Waals surface area contributed by atoms with Crippen molar-refractivity contribution in [2.45, 2.75) is 0 Å². The van der Waals surface area contributed by atoms with E-state index in [-0.39, 0.29) is 17.3 Å². The third-order valence-corrected chi connectivity index (χ3v) is 2.82. The van der Waals surface area contributed by atoms with Crippen LogP contribution >= 0.6 is 11.6 Å². The van der Waals surface area contributed by atoms with Crippen LogP contribution in [0.15, 0.2) is 41.1 Å². The molecule has 20 heavy (non-hydrogen) atoms. The summed E-state index contributed by atoms with van der Waals surface area (Å²) in [6, 6.07) is 6.94. The summed E-state index contributed by atoms with van der Waals surface area (Å²) in [4.78, 5) is 7.89. The van der Waals surface area contributed by atoms with Gasteiger partial charge in [-0.15, -0.1) is 0 Å². The van der Waals surface area contributed by atoms with Crippen molar-refractivity contribution in [2.75, 3.05) is 0 Å². The first-order chi connectivity index (χ1) is 9.65. The van der Waals surface area contributed by atoms with Gasteiger partial charge in [-0.3, -0.25) is 0 Å². The molecule has 0 saturated heterocycles. The first-order valence-electron chi connectivity index (χ1n) is 5.55. The molecule has 0 amide bonds. The Morgan fingerprint density at radius 3 is 2.70 bits per heavy atom. The van der Waals surface area contributed by atoms with E-state index in [9.17, 15) is 8.78 Å². The van der Waals surface area contributed by atoms with Gasteiger partial charge in [0.1, 0.15) is 5.15 Å². The second-order valence-corrected chi connectivity index (χ2v) is 4.28. The van der Waals surface area contributed by atoms with E-state index in [1.165, 1.54) is 18.3 Å². The Bertz CT molecular complexity index is 759. The maximum Gasteiger partial charge on any atom is 0.261 e. The van der Waals surface area contributed by atoms with E-state index in [1.807, 2.05) is 0 Å². The van der Waals surface area contributed by atoms with Crippen LogP contribution < -0.4 is 0 Å². The number of hydrogen-bond acceptors (Lipinski definition) is 4. The number of hydrogen-bond donors (Lipinski definition) is 0. The molecule has 7 heteroatoms. The average molecular weight is 294 g/mol. The first kappa shape index (κ1) is 12.7. The molecule has 0 aliphatic heterocycles. The molecule has 3 aromatic rings. The molecular formula is C13H6ClF2N3O. The van der Waals surface area contributed by atoms with Gasteiger partial charge in [-0.05, 0) is 24.3 Å². The maximum absolute atomic E-state index is 13.6. The molecule has 0 atom stereocenters. The van der Waals surface area contributed by atoms with Crippen LogP contribution in [-0.2, 0) is 0 Å². The van der Waals surface area contributed by atoms with Crippen LogP contribution in [0.1, 0.15) is 0 Å². The van der Waals surface area contributed by atoms with Crippen LogP contribution in [0.25, 0.3) is 22.8 Å². The Hall–Kier alpha value is -2.34. The summed E-state index contributed by atoms with van der Waals surface area (Å²) in [5.41, 5.74) is 0.465. The van der Waals surface area contributed by atoms with E-state index in [4.69, 9.17) is 16.1 Å². The van der Waals surface area contributed by atoms with Crippen LogP contribution in [0.2, 0.25) is 5.15 Å². The molecule has 0 unspecified atom stereocenters. The van der Waals surface area contributed by atoms with Gasteiger partial charge >= 0.3 is 0 Å². The van der Waals surface area contributed by atoms with E-state index in [2.05, 4.69) is 15.1 Å². The topological polar surface area (TPSA) is 51.8 Å². The fourth-order valence-electron chi connectivity index (χ4n) is 1.63. The Balaban J connectivity index is 2.02. The van der Waals surface area contributed by atoms with Crippen LogP contribution in [0.4, 0.5) is 8.78 Å². The molecule has 0 N–H and O–H groups in total. The molecule has 2 aromatic heterocycles. The van der Waals surface area contributed by atoms with Crippen molar-refractivity contribution in [3.8, 4) is 22.8 Å². The summed E-state index contributed by atoms with van der Waals surface area (Å²) < 4.78 is 31.7. The van der Waals surface area contributed by atoms with E-state index < -0.39 is 11.6 Å². The highest BCUT2D eigenvalue weighted by Crippen LogP contribution is 2.25. The lowest BCUT2D eigenvalue weighted by Crippen LogP contribution is -1.89. The van der Waals surface area contributed by atoms with E-state index >= 15 is 0 Å². The predicted octanol–water partition coefficient (Wildman–Crippen LogP) is 3.73. The number of pyridine rings is 1. The minimum atomic E-state index is -1.03. The highest BCUT2D eigenvalue weighted by Gasteiger charge is 2.16. The molecule has 0 bridgehead atoms. The molecule has 100 valence electrons. The predicted molar refractivity (Wildman–Crippen MR) is 67.9 cm³/mol. The van der Waals surface area contributed by atoms with Crippen LogP contribution in [0, 0.1) is 11.6 Å². The van der Waals surface area contributed by atoms with Gasteiger partial charge in [-0.1, -0.05) is 22.8 Å². The van der Waals surface area contributed by atoms with E-state index in [1.54, 1.807) is 12.1 Å². The molecule has 1 aromatic carbocycles. The molecule has 0 spiro atoms. The second kappa shape index (κ2) is 4.97. The van der Waals surface area contributed by atoms with Gasteiger partial charge in [0, 0.05) is 11.8 Å². The summed E-state index contributed by atoms with van der Waals surface area (Å²) in [7, 11) is 0. The molecule has 0 saturated carbocycles. The van der Waals surface area contributed by atoms with Gasteiger partial charge in [0.2, 0.25) is 5.82 Å². The molecule has 0 aliphatic rings. The fraction of sp³-hybridized carbons (Fsp3) is 0. The van der Waals surface area contributed by atoms with E-state index in [0.717, 1.165) is 6.07 Å². The largest absolute Gasteiger partial charge is 0.334 e. The van der Waals surface area contributed by atoms with Crippen molar-refractivity contribution >= 4 is 11.6 Å². The Labute approximate surface area is 117 Å². The molecule has 4 nitrogen and oxygen atoms in total. The quantitative estimate of drug-likeness (QED) is 0.676. The zero-order chi connectivity index (χ0) is 14.1. The summed E-state index contributed by atoms with van der Waals surface area (Å²) in [6.07, 6.45) is 1.46. The van der Waals surface area contributed by atoms with Gasteiger partial charge in [-0.25, -0.2) is 13.8 Å². The summed E-state index contributed by atoms with van der Waals surface area (Å²) in [5, 5.41) is 4.03. The standard InChI is InChI=1S/C13H6ClF2N3O/c14-10-5-4-7(6-17-10)12-18-13(20-19-12)8-2-1-3-9(15)11(8)16/h1-6H. The highest BCUT2D eigenvalue weighted by atomic mass is 35.5. The van der Waals surface area contributed by atoms with Crippen molar-refractivity contribution in [3.05, 3.63) is 53.3 Å². The van der Waals surface area contributed by atoms with Gasteiger partial charge in [0.25, 0.3) is 5.89 Å². The third-order valence-electron chi connectivity index (χ3n) is 2.59. The summed E-state index contributed by atoms with van der Waals surface area (Å²) in [5.74, 6) is -1.90. The molecule has 0 radical (unpaired) electrons. The van der Waals surface area contributed by atoms with Crippen molar-refractivity contribution in [1.29, 1.82) is 0 Å². The average Bonchev–Trinajstić information content (AvgIpc) is 2.92. The fourth-order valence-corrected chi connectivity index (χ4v) is 1.74. The van der Waals surface area contributed by atoms with Crippen molar-refractivity contribution in [2.24, 2.45) is 0 Å². The van der Waals surface area contributed by atoms with Gasteiger partial charge < -0.3 is 4.52 Å². The van der Waals surface area contributed by atoms with Crippen LogP contribution in [0.5, 0.6) is 0 Å². The number of benzene rings is 1. The van der Waals surface area contributed by atoms with Crippen molar-refractivity contribution < 1.29 is 13.3 Å². The number of nitrogens with zero attached hydrogens (tertiary/aromatic N) is 3. The molecule has 0 fully saturated rings. The number of halogens is 3. The Morgan fingerprint density at radius 2 is 1.95 bits per heavy atom. The van der Waals surface area contributed by atoms with Crippen molar-refractivity contribution in [3.63, 3.8) is 0 Å². The smallest absolute Gasteiger partial charge is 0.261 e. The second-order valence-electron chi connectivity index (χ2n) is 3.89. The molecular weight excluding hydrogens is 288 g/mol. The zero-order valence-corrected chi connectivity index (χ0v) is 10.6. The highest BCUT2D eigenvalue weighted by molar-refractivity contribution is 6.29. The lowest BCUT2D eigenvalue weighted by atomic mass is 10.2. The van der Waals surface area contributed by atoms with E-state index in [0.29, 0.717) is 10.7 Å². The summed E-state index contributed by atoms with van der Waals surface area (Å²) in [6.45, 7) is 0. The lowest BCUT2D eigenvalue weighted by Gasteiger charge is -1.97. The minimum absolute atomic E-state index is 0.0920. The normalized spacial score (nSPS) is 10.8. The lowest BCUT2D eigenvalue weighted by molar-refractivity contribution is 0.427. The summed E-state index contributed by atoms with van der Waals surface area (Å²) >= 11 is 5.67. The Kier molecular flexibility index (Phi) is 3.15. The third kappa shape index (κ3) is 2.25. The number of aromatic nitrogens is 3. The van der Waals surface area contributed by atoms with Crippen LogP contribution in [0.3, 0.4) is 0 Å². The molecule has 3 rings (SSSR count). The molecule has 2 heterocycles. The Morgan fingerprint density at radius 1 is 1.10 bits per heavy atom. The number of rotatable bonds is 2. The first-order valence-corrected chi connectivity index (χ1v) is 5.93. The minimum Gasteiger partial charge on any atom is -0.334 e. The van der Waals surface area contributed by atoms with Gasteiger partial charge in [0.15, 0.2) is 11.6 Å². The van der Waals surface area contributed by atoms with Gasteiger partial charge in [-0.2, -0.15) is 4.98 Å². The monoisotopic (exact) mass is 293 g/mol. The SMILES string of the molecule is Fc1cccc(-c2nc(-c3ccc(Cl)nc3)no2)c1F. The van der Waals surface area contributed by atoms with Gasteiger partial charge in [0.05, 0.1) is 5.56 Å². The zero-order valence-electron chi connectivity index (χ0n) is 9.85. The van der Waals surface area contributed by atoms with Crippen molar-refractivity contribution in [1.82, 2.24) is 15.1 Å². The van der Waals surface area contributed by atoms with Crippen LogP contribution in [-0.4, -0.2) is 15.1 Å².